The van der Waals surface area contributed by atoms with E-state index in [1.54, 1.807) is 0 Å². The molecule has 0 aliphatic heterocycles. The molecule has 0 heterocycles. The van der Waals surface area contributed by atoms with E-state index in [9.17, 15) is 4.79 Å². The zero-order chi connectivity index (χ0) is 15.0. The van der Waals surface area contributed by atoms with Crippen molar-refractivity contribution < 1.29 is 4.79 Å². The molecule has 2 nitrogen and oxygen atoms in total. The van der Waals surface area contributed by atoms with E-state index in [2.05, 4.69) is 42.0 Å². The van der Waals surface area contributed by atoms with Crippen LogP contribution in [0.4, 0.5) is 0 Å². The van der Waals surface area contributed by atoms with Crippen LogP contribution in [0.25, 0.3) is 0 Å². The number of alkyl halides is 1. The lowest BCUT2D eigenvalue weighted by atomic mass is 9.79. The Morgan fingerprint density at radius 2 is 1.90 bits per heavy atom. The normalized spacial score (nSPS) is 24.6. The van der Waals surface area contributed by atoms with E-state index in [1.165, 1.54) is 32.1 Å². The van der Waals surface area contributed by atoms with Gasteiger partial charge in [-0.05, 0) is 43.9 Å². The predicted octanol–water partition coefficient (Wildman–Crippen LogP) is 4.91. The fourth-order valence-electron chi connectivity index (χ4n) is 3.20. The molecule has 1 aliphatic carbocycles. The fourth-order valence-corrected chi connectivity index (χ4v) is 3.69. The Labute approximate surface area is 133 Å². The van der Waals surface area contributed by atoms with Gasteiger partial charge in [0.2, 0.25) is 5.91 Å². The number of halogens is 1. The third kappa shape index (κ3) is 6.15. The number of hydrogen-bond donors (Lipinski definition) is 1. The second-order valence-corrected chi connectivity index (χ2v) is 7.49. The lowest BCUT2D eigenvalue weighted by molar-refractivity contribution is -0.127. The molecule has 1 rings (SSSR count). The average Bonchev–Trinajstić information content (AvgIpc) is 2.45. The van der Waals surface area contributed by atoms with Crippen LogP contribution in [0.1, 0.15) is 72.1 Å². The number of hydrogen-bond acceptors (Lipinski definition) is 1. The van der Waals surface area contributed by atoms with Crippen LogP contribution in [0, 0.1) is 17.8 Å². The van der Waals surface area contributed by atoms with Crippen molar-refractivity contribution in [1.82, 2.24) is 5.32 Å². The molecule has 1 amide bonds. The first-order valence-corrected chi connectivity index (χ1v) is 9.56. The summed E-state index contributed by atoms with van der Waals surface area (Å²) >= 11 is 3.48. The van der Waals surface area contributed by atoms with E-state index in [-0.39, 0.29) is 5.92 Å². The van der Waals surface area contributed by atoms with Crippen LogP contribution in [0.15, 0.2) is 0 Å². The van der Waals surface area contributed by atoms with Crippen molar-refractivity contribution in [3.05, 3.63) is 0 Å². The lowest BCUT2D eigenvalue weighted by Crippen LogP contribution is -2.43. The Morgan fingerprint density at radius 3 is 2.40 bits per heavy atom. The molecule has 3 heteroatoms. The summed E-state index contributed by atoms with van der Waals surface area (Å²) in [7, 11) is 0. The second-order valence-electron chi connectivity index (χ2n) is 6.70. The SMILES string of the molecule is CCCCC1CCC(C(=O)NC(CCBr)C(C)C)CC1. The summed E-state index contributed by atoms with van der Waals surface area (Å²) in [5, 5.41) is 4.23. The molecule has 0 saturated heterocycles. The maximum absolute atomic E-state index is 12.4. The van der Waals surface area contributed by atoms with Gasteiger partial charge in [0.05, 0.1) is 0 Å². The van der Waals surface area contributed by atoms with Gasteiger partial charge in [-0.1, -0.05) is 56.0 Å². The van der Waals surface area contributed by atoms with Crippen LogP contribution in [-0.4, -0.2) is 17.3 Å². The summed E-state index contributed by atoms with van der Waals surface area (Å²) in [5.74, 6) is 1.96. The molecule has 1 fully saturated rings. The molecule has 1 N–H and O–H groups in total. The summed E-state index contributed by atoms with van der Waals surface area (Å²) in [6.07, 6.45) is 9.73. The highest BCUT2D eigenvalue weighted by molar-refractivity contribution is 9.09. The number of carbonyl (C=O) groups is 1. The van der Waals surface area contributed by atoms with Gasteiger partial charge in [0.1, 0.15) is 0 Å². The van der Waals surface area contributed by atoms with Gasteiger partial charge in [0.25, 0.3) is 0 Å². The first-order chi connectivity index (χ1) is 9.58. The van der Waals surface area contributed by atoms with E-state index in [1.807, 2.05) is 0 Å². The van der Waals surface area contributed by atoms with Gasteiger partial charge in [-0.15, -0.1) is 0 Å². The Bertz CT molecular complexity index is 272. The van der Waals surface area contributed by atoms with Gasteiger partial charge in [-0.25, -0.2) is 0 Å². The van der Waals surface area contributed by atoms with Gasteiger partial charge in [0.15, 0.2) is 0 Å². The summed E-state index contributed by atoms with van der Waals surface area (Å²) in [5.41, 5.74) is 0. The Morgan fingerprint density at radius 1 is 1.25 bits per heavy atom. The molecule has 0 aromatic rings. The molecule has 0 spiro atoms. The monoisotopic (exact) mass is 345 g/mol. The van der Waals surface area contributed by atoms with E-state index in [0.29, 0.717) is 17.9 Å². The van der Waals surface area contributed by atoms with E-state index < -0.39 is 0 Å². The van der Waals surface area contributed by atoms with Crippen molar-refractivity contribution in [2.45, 2.75) is 78.2 Å². The van der Waals surface area contributed by atoms with Crippen LogP contribution in [-0.2, 0) is 4.79 Å². The molecule has 118 valence electrons. The third-order valence-corrected chi connectivity index (χ3v) is 5.19. The first kappa shape index (κ1) is 18.0. The quantitative estimate of drug-likeness (QED) is 0.622. The van der Waals surface area contributed by atoms with Crippen molar-refractivity contribution >= 4 is 21.8 Å². The molecule has 1 unspecified atom stereocenters. The largest absolute Gasteiger partial charge is 0.353 e. The minimum Gasteiger partial charge on any atom is -0.353 e. The molecular formula is C17H32BrNO. The topological polar surface area (TPSA) is 29.1 Å². The van der Waals surface area contributed by atoms with Crippen LogP contribution in [0.2, 0.25) is 0 Å². The van der Waals surface area contributed by atoms with Crippen molar-refractivity contribution in [3.63, 3.8) is 0 Å². The van der Waals surface area contributed by atoms with Gasteiger partial charge in [-0.3, -0.25) is 4.79 Å². The van der Waals surface area contributed by atoms with Crippen molar-refractivity contribution in [1.29, 1.82) is 0 Å². The smallest absolute Gasteiger partial charge is 0.223 e. The highest BCUT2D eigenvalue weighted by Crippen LogP contribution is 2.32. The van der Waals surface area contributed by atoms with Crippen molar-refractivity contribution in [3.8, 4) is 0 Å². The van der Waals surface area contributed by atoms with E-state index >= 15 is 0 Å². The zero-order valence-corrected chi connectivity index (χ0v) is 15.0. The van der Waals surface area contributed by atoms with Crippen LogP contribution in [0.5, 0.6) is 0 Å². The van der Waals surface area contributed by atoms with Gasteiger partial charge in [-0.2, -0.15) is 0 Å². The van der Waals surface area contributed by atoms with E-state index in [4.69, 9.17) is 0 Å². The minimum absolute atomic E-state index is 0.268. The van der Waals surface area contributed by atoms with Gasteiger partial charge < -0.3 is 5.32 Å². The second kappa shape index (κ2) is 9.81. The highest BCUT2D eigenvalue weighted by Gasteiger charge is 2.27. The van der Waals surface area contributed by atoms with Gasteiger partial charge >= 0.3 is 0 Å². The molecular weight excluding hydrogens is 314 g/mol. The average molecular weight is 346 g/mol. The summed E-state index contributed by atoms with van der Waals surface area (Å²) in [4.78, 5) is 12.4. The maximum atomic E-state index is 12.4. The molecule has 20 heavy (non-hydrogen) atoms. The first-order valence-electron chi connectivity index (χ1n) is 8.44. The van der Waals surface area contributed by atoms with Crippen LogP contribution in [0.3, 0.4) is 0 Å². The van der Waals surface area contributed by atoms with Gasteiger partial charge in [0, 0.05) is 17.3 Å². The summed E-state index contributed by atoms with van der Waals surface area (Å²) in [6.45, 7) is 6.64. The van der Waals surface area contributed by atoms with Crippen molar-refractivity contribution in [2.24, 2.45) is 17.8 Å². The Balaban J connectivity index is 2.34. The Kier molecular flexibility index (Phi) is 8.83. The minimum atomic E-state index is 0.268. The number of carbonyl (C=O) groups excluding carboxylic acids is 1. The summed E-state index contributed by atoms with van der Waals surface area (Å²) in [6, 6.07) is 0.319. The number of unbranched alkanes of at least 4 members (excludes halogenated alkanes) is 1. The summed E-state index contributed by atoms with van der Waals surface area (Å²) < 4.78 is 0. The standard InChI is InChI=1S/C17H32BrNO/c1-4-5-6-14-7-9-15(10-8-14)17(20)19-16(11-12-18)13(2)3/h13-16H,4-12H2,1-3H3,(H,19,20). The number of nitrogens with one attached hydrogen (secondary N) is 1. The maximum Gasteiger partial charge on any atom is 0.223 e. The highest BCUT2D eigenvalue weighted by atomic mass is 79.9. The lowest BCUT2D eigenvalue weighted by Gasteiger charge is -2.30. The predicted molar refractivity (Wildman–Crippen MR) is 90.2 cm³/mol. The molecule has 0 bridgehead atoms. The number of amides is 1. The van der Waals surface area contributed by atoms with E-state index in [0.717, 1.165) is 30.5 Å². The molecule has 1 aliphatic rings. The molecule has 0 aromatic carbocycles. The molecule has 1 atom stereocenters. The van der Waals surface area contributed by atoms with Crippen LogP contribution >= 0.6 is 15.9 Å². The zero-order valence-electron chi connectivity index (χ0n) is 13.5. The van der Waals surface area contributed by atoms with Crippen molar-refractivity contribution in [2.75, 3.05) is 5.33 Å². The fraction of sp³-hybridized carbons (Fsp3) is 0.941. The van der Waals surface area contributed by atoms with Crippen LogP contribution < -0.4 is 5.32 Å². The molecule has 1 saturated carbocycles. The number of rotatable bonds is 8. The molecule has 0 aromatic heterocycles. The molecule has 0 radical (unpaired) electrons. The Hall–Kier alpha value is -0.0500. The third-order valence-electron chi connectivity index (χ3n) is 4.74.